The van der Waals surface area contributed by atoms with E-state index in [2.05, 4.69) is 56.0 Å². The van der Waals surface area contributed by atoms with Gasteiger partial charge in [-0.15, -0.1) is 0 Å². The van der Waals surface area contributed by atoms with Crippen LogP contribution in [0.4, 0.5) is 0 Å². The summed E-state index contributed by atoms with van der Waals surface area (Å²) in [5.41, 5.74) is 3.33. The Balaban J connectivity index is 2.43. The Bertz CT molecular complexity index is 509. The van der Waals surface area contributed by atoms with Gasteiger partial charge in [-0.3, -0.25) is 0 Å². The van der Waals surface area contributed by atoms with Crippen molar-refractivity contribution >= 4 is 26.6 Å². The van der Waals surface area contributed by atoms with Crippen LogP contribution in [0.5, 0.6) is 0 Å². The lowest BCUT2D eigenvalue weighted by atomic mass is 9.94. The molecule has 84 valence electrons. The first-order valence-electron chi connectivity index (χ1n) is 5.93. The van der Waals surface area contributed by atoms with E-state index in [0.29, 0.717) is 0 Å². The van der Waals surface area contributed by atoms with Crippen LogP contribution in [0.3, 0.4) is 0 Å². The van der Waals surface area contributed by atoms with Crippen LogP contribution in [0.25, 0.3) is 11.1 Å². The molecule has 0 N–H and O–H groups in total. The van der Waals surface area contributed by atoms with Crippen molar-refractivity contribution in [1.29, 1.82) is 0 Å². The van der Waals surface area contributed by atoms with Crippen molar-refractivity contribution in [3.8, 4) is 11.1 Å². The van der Waals surface area contributed by atoms with Gasteiger partial charge in [-0.05, 0) is 11.1 Å². The minimum atomic E-state index is -1.23. The van der Waals surface area contributed by atoms with Gasteiger partial charge in [0.05, 0.1) is 8.07 Å². The zero-order chi connectivity index (χ0) is 12.5. The number of hydrogen-bond donors (Lipinski definition) is 0. The fraction of sp³-hybridized carbons (Fsp3) is 0.200. The fourth-order valence-electron chi connectivity index (χ4n) is 1.84. The zero-order valence-corrected chi connectivity index (χ0v) is 11.7. The average molecular weight is 236 g/mol. The van der Waals surface area contributed by atoms with Gasteiger partial charge >= 0.3 is 0 Å². The van der Waals surface area contributed by atoms with Gasteiger partial charge in [0, 0.05) is 0 Å². The summed E-state index contributed by atoms with van der Waals surface area (Å²) in [6, 6.07) is 16.9. The van der Waals surface area contributed by atoms with Crippen molar-refractivity contribution < 1.29 is 0 Å². The molecule has 0 fully saturated rings. The Kier molecular flexibility index (Phi) is 3.25. The van der Waals surface area contributed by atoms with Crippen LogP contribution in [-0.2, 0) is 0 Å². The van der Waals surface area contributed by atoms with Gasteiger partial charge in [0.1, 0.15) is 7.85 Å². The van der Waals surface area contributed by atoms with Crippen LogP contribution in [0, 0.1) is 0 Å². The summed E-state index contributed by atoms with van der Waals surface area (Å²) >= 11 is 0. The zero-order valence-electron chi connectivity index (χ0n) is 10.7. The minimum absolute atomic E-state index is 0.815. The molecule has 0 nitrogen and oxygen atoms in total. The minimum Gasteiger partial charge on any atom is -0.0966 e. The largest absolute Gasteiger partial charge is 0.113 e. The third kappa shape index (κ3) is 2.89. The van der Waals surface area contributed by atoms with Crippen molar-refractivity contribution in [2.75, 3.05) is 0 Å². The third-order valence-electron chi connectivity index (χ3n) is 2.97. The molecule has 0 unspecified atom stereocenters. The van der Waals surface area contributed by atoms with Crippen molar-refractivity contribution in [3.05, 3.63) is 48.5 Å². The second-order valence-corrected chi connectivity index (χ2v) is 10.5. The quantitative estimate of drug-likeness (QED) is 0.703. The Morgan fingerprint density at radius 1 is 0.824 bits per heavy atom. The first kappa shape index (κ1) is 12.2. The lowest BCUT2D eigenvalue weighted by Crippen LogP contribution is -2.37. The van der Waals surface area contributed by atoms with Crippen LogP contribution in [0.1, 0.15) is 0 Å². The Hall–Kier alpha value is -1.28. The lowest BCUT2D eigenvalue weighted by molar-refractivity contribution is 1.63. The van der Waals surface area contributed by atoms with E-state index in [4.69, 9.17) is 7.85 Å². The molecule has 2 rings (SSSR count). The highest BCUT2D eigenvalue weighted by atomic mass is 28.3. The topological polar surface area (TPSA) is 0 Å². The van der Waals surface area contributed by atoms with Crippen LogP contribution in [0.2, 0.25) is 19.6 Å². The second kappa shape index (κ2) is 4.54. The lowest BCUT2D eigenvalue weighted by Gasteiger charge is -2.17. The predicted octanol–water partition coefficient (Wildman–Crippen LogP) is 2.69. The molecule has 0 heterocycles. The Morgan fingerprint density at radius 2 is 1.47 bits per heavy atom. The highest BCUT2D eigenvalue weighted by Gasteiger charge is 2.16. The van der Waals surface area contributed by atoms with Crippen molar-refractivity contribution in [2.24, 2.45) is 0 Å². The molecule has 2 heteroatoms. The number of rotatable bonds is 2. The summed E-state index contributed by atoms with van der Waals surface area (Å²) < 4.78 is 0. The molecule has 0 aliphatic carbocycles. The van der Waals surface area contributed by atoms with E-state index in [1.807, 2.05) is 12.1 Å². The molecule has 2 aromatic rings. The summed E-state index contributed by atoms with van der Waals surface area (Å²) in [5, 5.41) is 1.49. The SMILES string of the molecule is [B]c1ccc(-c2cccc([Si](C)(C)C)c2)cc1. The van der Waals surface area contributed by atoms with Crippen molar-refractivity contribution in [2.45, 2.75) is 19.6 Å². The van der Waals surface area contributed by atoms with Gasteiger partial charge in [-0.2, -0.15) is 0 Å². The van der Waals surface area contributed by atoms with E-state index < -0.39 is 8.07 Å². The molecule has 0 spiro atoms. The number of benzene rings is 2. The number of hydrogen-bond acceptors (Lipinski definition) is 0. The van der Waals surface area contributed by atoms with E-state index >= 15 is 0 Å². The van der Waals surface area contributed by atoms with Crippen molar-refractivity contribution in [3.63, 3.8) is 0 Å². The molecule has 0 saturated carbocycles. The maximum absolute atomic E-state index is 5.71. The third-order valence-corrected chi connectivity index (χ3v) is 5.02. The first-order chi connectivity index (χ1) is 7.97. The van der Waals surface area contributed by atoms with Gasteiger partial charge < -0.3 is 0 Å². The Labute approximate surface area is 106 Å². The molecule has 0 atom stereocenters. The Morgan fingerprint density at radius 3 is 2.06 bits per heavy atom. The second-order valence-electron chi connectivity index (χ2n) is 5.45. The van der Waals surface area contributed by atoms with Gasteiger partial charge in [0.25, 0.3) is 0 Å². The molecule has 0 bridgehead atoms. The molecule has 0 aliphatic rings. The summed E-state index contributed by atoms with van der Waals surface area (Å²) in [5.74, 6) is 0. The summed E-state index contributed by atoms with van der Waals surface area (Å²) in [6.45, 7) is 7.11. The van der Waals surface area contributed by atoms with Gasteiger partial charge in [0.2, 0.25) is 0 Å². The molecule has 17 heavy (non-hydrogen) atoms. The van der Waals surface area contributed by atoms with Crippen LogP contribution in [-0.4, -0.2) is 15.9 Å². The molecule has 0 saturated heterocycles. The van der Waals surface area contributed by atoms with Crippen LogP contribution in [0.15, 0.2) is 48.5 Å². The normalized spacial score (nSPS) is 11.5. The molecule has 0 aromatic heterocycles. The predicted molar refractivity (Wildman–Crippen MR) is 80.2 cm³/mol. The first-order valence-corrected chi connectivity index (χ1v) is 9.43. The molecule has 0 aliphatic heterocycles. The average Bonchev–Trinajstić information content (AvgIpc) is 2.29. The van der Waals surface area contributed by atoms with E-state index in [-0.39, 0.29) is 0 Å². The maximum atomic E-state index is 5.71. The standard InChI is InChI=1S/C15H17BSi/c1-17(2,3)15-6-4-5-13(11-15)12-7-9-14(16)10-8-12/h4-11H,1-3H3. The summed E-state index contributed by atoms with van der Waals surface area (Å²) in [6.07, 6.45) is 0. The molecular formula is C15H17BSi. The molecule has 2 aromatic carbocycles. The monoisotopic (exact) mass is 236 g/mol. The van der Waals surface area contributed by atoms with E-state index in [0.717, 1.165) is 5.46 Å². The summed E-state index contributed by atoms with van der Waals surface area (Å²) in [4.78, 5) is 0. The molecule has 0 amide bonds. The van der Waals surface area contributed by atoms with Gasteiger partial charge in [-0.25, -0.2) is 0 Å². The van der Waals surface area contributed by atoms with Crippen LogP contribution < -0.4 is 10.6 Å². The van der Waals surface area contributed by atoms with E-state index in [9.17, 15) is 0 Å². The van der Waals surface area contributed by atoms with Crippen molar-refractivity contribution in [1.82, 2.24) is 0 Å². The molecule has 2 radical (unpaired) electrons. The van der Waals surface area contributed by atoms with Crippen LogP contribution >= 0.6 is 0 Å². The fourth-order valence-corrected chi connectivity index (χ4v) is 3.03. The van der Waals surface area contributed by atoms with E-state index in [1.165, 1.54) is 16.3 Å². The highest BCUT2D eigenvalue weighted by molar-refractivity contribution is 6.88. The van der Waals surface area contributed by atoms with Gasteiger partial charge in [0.15, 0.2) is 0 Å². The molecular weight excluding hydrogens is 219 g/mol. The van der Waals surface area contributed by atoms with Gasteiger partial charge in [-0.1, -0.05) is 78.8 Å². The summed E-state index contributed by atoms with van der Waals surface area (Å²) in [7, 11) is 4.48. The van der Waals surface area contributed by atoms with E-state index in [1.54, 1.807) is 0 Å². The highest BCUT2D eigenvalue weighted by Crippen LogP contribution is 2.17. The smallest absolute Gasteiger partial charge is 0.0966 e. The maximum Gasteiger partial charge on any atom is 0.113 e.